The number of hydrogen-bond acceptors (Lipinski definition) is 6. The van der Waals surface area contributed by atoms with E-state index in [1.165, 1.54) is 0 Å². The van der Waals surface area contributed by atoms with Gasteiger partial charge in [0.15, 0.2) is 0 Å². The first-order valence-corrected chi connectivity index (χ1v) is 7.71. The van der Waals surface area contributed by atoms with Gasteiger partial charge in [0.2, 0.25) is 5.89 Å². The Labute approximate surface area is 126 Å². The highest BCUT2D eigenvalue weighted by Crippen LogP contribution is 2.26. The minimum Gasteiger partial charge on any atom is -0.480 e. The summed E-state index contributed by atoms with van der Waals surface area (Å²) in [4.78, 5) is 18.8. The fourth-order valence-electron chi connectivity index (χ4n) is 2.45. The van der Waals surface area contributed by atoms with Gasteiger partial charge in [0.1, 0.15) is 11.8 Å². The summed E-state index contributed by atoms with van der Waals surface area (Å²) in [5.41, 5.74) is 0.812. The molecule has 1 saturated heterocycles. The molecule has 0 radical (unpaired) electrons. The molecule has 112 valence electrons. The van der Waals surface area contributed by atoms with Crippen molar-refractivity contribution in [3.63, 3.8) is 0 Å². The van der Waals surface area contributed by atoms with E-state index >= 15 is 0 Å². The van der Waals surface area contributed by atoms with Gasteiger partial charge in [0.25, 0.3) is 0 Å². The van der Waals surface area contributed by atoms with Gasteiger partial charge in [0.05, 0.1) is 10.6 Å². The first-order valence-electron chi connectivity index (χ1n) is 6.83. The van der Waals surface area contributed by atoms with Crippen LogP contribution in [-0.2, 0) is 11.3 Å². The van der Waals surface area contributed by atoms with Crippen molar-refractivity contribution in [1.82, 2.24) is 15.2 Å². The molecule has 2 N–H and O–H groups in total. The van der Waals surface area contributed by atoms with Gasteiger partial charge in [-0.05, 0) is 18.4 Å². The van der Waals surface area contributed by atoms with Crippen LogP contribution in [0.1, 0.15) is 11.5 Å². The predicted molar refractivity (Wildman–Crippen MR) is 79.3 cm³/mol. The lowest BCUT2D eigenvalue weighted by Crippen LogP contribution is -2.54. The smallest absolute Gasteiger partial charge is 0.322 e. The monoisotopic (exact) mass is 307 g/mol. The van der Waals surface area contributed by atoms with Gasteiger partial charge in [-0.1, -0.05) is 6.07 Å². The summed E-state index contributed by atoms with van der Waals surface area (Å²) >= 11 is 1.58. The number of nitrogens with zero attached hydrogens (tertiary/aromatic N) is 2. The Bertz CT molecular complexity index is 623. The minimum atomic E-state index is -0.804. The third kappa shape index (κ3) is 2.99. The predicted octanol–water partition coefficient (Wildman–Crippen LogP) is 1.57. The number of carbonyl (C=O) groups is 1. The van der Waals surface area contributed by atoms with Crippen molar-refractivity contribution in [2.45, 2.75) is 19.5 Å². The van der Waals surface area contributed by atoms with Crippen molar-refractivity contribution < 1.29 is 14.3 Å². The lowest BCUT2D eigenvalue weighted by atomic mass is 10.2. The first-order chi connectivity index (χ1) is 10.1. The second-order valence-electron chi connectivity index (χ2n) is 5.03. The van der Waals surface area contributed by atoms with Crippen LogP contribution in [0.4, 0.5) is 0 Å². The zero-order valence-corrected chi connectivity index (χ0v) is 12.5. The number of aryl methyl sites for hydroxylation is 1. The van der Waals surface area contributed by atoms with Gasteiger partial charge in [-0.2, -0.15) is 0 Å². The molecule has 0 aromatic carbocycles. The Morgan fingerprint density at radius 2 is 2.52 bits per heavy atom. The van der Waals surface area contributed by atoms with Crippen LogP contribution in [0.25, 0.3) is 10.8 Å². The minimum absolute atomic E-state index is 0.462. The lowest BCUT2D eigenvalue weighted by molar-refractivity contribution is -0.144. The third-order valence-electron chi connectivity index (χ3n) is 3.62. The third-order valence-corrected chi connectivity index (χ3v) is 4.47. The number of aromatic nitrogens is 1. The molecule has 21 heavy (non-hydrogen) atoms. The average Bonchev–Trinajstić information content (AvgIpc) is 3.10. The molecular formula is C14H17N3O3S. The molecule has 0 amide bonds. The molecule has 1 atom stereocenters. The highest BCUT2D eigenvalue weighted by atomic mass is 32.1. The van der Waals surface area contributed by atoms with Crippen LogP contribution < -0.4 is 5.32 Å². The van der Waals surface area contributed by atoms with E-state index in [9.17, 15) is 9.90 Å². The van der Waals surface area contributed by atoms with Gasteiger partial charge in [-0.25, -0.2) is 4.98 Å². The van der Waals surface area contributed by atoms with Gasteiger partial charge in [-0.15, -0.1) is 11.3 Å². The maximum absolute atomic E-state index is 11.3. The number of rotatable bonds is 4. The van der Waals surface area contributed by atoms with Crippen LogP contribution in [0.2, 0.25) is 0 Å². The number of thiophene rings is 1. The van der Waals surface area contributed by atoms with Crippen LogP contribution in [0.15, 0.2) is 21.9 Å². The van der Waals surface area contributed by atoms with Gasteiger partial charge in [-0.3, -0.25) is 9.69 Å². The molecule has 1 aliphatic rings. The Balaban J connectivity index is 1.79. The summed E-state index contributed by atoms with van der Waals surface area (Å²) in [5.74, 6) is 0.558. The number of carboxylic acids is 1. The van der Waals surface area contributed by atoms with E-state index in [0.29, 0.717) is 25.5 Å². The Morgan fingerprint density at radius 1 is 1.67 bits per heavy atom. The maximum atomic E-state index is 11.3. The van der Waals surface area contributed by atoms with Crippen LogP contribution >= 0.6 is 11.3 Å². The topological polar surface area (TPSA) is 78.6 Å². The second-order valence-corrected chi connectivity index (χ2v) is 5.98. The number of nitrogens with one attached hydrogen (secondary N) is 1. The zero-order chi connectivity index (χ0) is 14.8. The van der Waals surface area contributed by atoms with Crippen molar-refractivity contribution >= 4 is 17.3 Å². The second kappa shape index (κ2) is 5.97. The van der Waals surface area contributed by atoms with Gasteiger partial charge < -0.3 is 14.8 Å². The van der Waals surface area contributed by atoms with Crippen molar-refractivity contribution in [2.24, 2.45) is 0 Å². The molecule has 1 unspecified atom stereocenters. The van der Waals surface area contributed by atoms with Crippen LogP contribution in [0.5, 0.6) is 0 Å². The molecule has 0 aliphatic carbocycles. The van der Waals surface area contributed by atoms with E-state index in [0.717, 1.165) is 22.9 Å². The molecule has 0 bridgehead atoms. The molecule has 1 fully saturated rings. The summed E-state index contributed by atoms with van der Waals surface area (Å²) < 4.78 is 5.71. The summed E-state index contributed by atoms with van der Waals surface area (Å²) in [6, 6.07) is 3.40. The Morgan fingerprint density at radius 3 is 3.24 bits per heavy atom. The van der Waals surface area contributed by atoms with E-state index < -0.39 is 12.0 Å². The molecule has 6 nitrogen and oxygen atoms in total. The van der Waals surface area contributed by atoms with E-state index in [-0.39, 0.29) is 0 Å². The normalized spacial score (nSPS) is 19.8. The van der Waals surface area contributed by atoms with Crippen molar-refractivity contribution in [3.05, 3.63) is 29.0 Å². The molecule has 7 heteroatoms. The number of oxazole rings is 1. The standard InChI is InChI=1S/C14H17N3O3S/c1-9-10(16-13(20-9)12-3-2-6-21-12)8-17-5-4-15-7-11(17)14(18)19/h2-3,6,11,15H,4-5,7-8H2,1H3,(H,18,19). The largest absolute Gasteiger partial charge is 0.480 e. The van der Waals surface area contributed by atoms with E-state index in [1.807, 2.05) is 29.3 Å². The van der Waals surface area contributed by atoms with Crippen molar-refractivity contribution in [2.75, 3.05) is 19.6 Å². The number of piperazine rings is 1. The maximum Gasteiger partial charge on any atom is 0.322 e. The summed E-state index contributed by atoms with van der Waals surface area (Å²) in [5, 5.41) is 14.4. The van der Waals surface area contributed by atoms with Crippen LogP contribution in [-0.4, -0.2) is 46.6 Å². The Hall–Kier alpha value is -1.70. The number of carboxylic acid groups (broad SMARTS) is 1. The Kier molecular flexibility index (Phi) is 4.05. The van der Waals surface area contributed by atoms with Crippen LogP contribution in [0.3, 0.4) is 0 Å². The van der Waals surface area contributed by atoms with Crippen molar-refractivity contribution in [1.29, 1.82) is 0 Å². The molecule has 3 heterocycles. The quantitative estimate of drug-likeness (QED) is 0.892. The fraction of sp³-hybridized carbons (Fsp3) is 0.429. The molecule has 0 saturated carbocycles. The molecular weight excluding hydrogens is 290 g/mol. The van der Waals surface area contributed by atoms with E-state index in [1.54, 1.807) is 11.3 Å². The fourth-order valence-corrected chi connectivity index (χ4v) is 3.10. The summed E-state index contributed by atoms with van der Waals surface area (Å²) in [6.07, 6.45) is 0. The van der Waals surface area contributed by atoms with E-state index in [2.05, 4.69) is 10.3 Å². The lowest BCUT2D eigenvalue weighted by Gasteiger charge is -2.32. The van der Waals surface area contributed by atoms with Gasteiger partial charge in [0, 0.05) is 26.2 Å². The highest BCUT2D eigenvalue weighted by molar-refractivity contribution is 7.13. The SMILES string of the molecule is Cc1oc(-c2cccs2)nc1CN1CCNCC1C(=O)O. The molecule has 2 aromatic rings. The van der Waals surface area contributed by atoms with Gasteiger partial charge >= 0.3 is 5.97 Å². The number of aliphatic carboxylic acids is 1. The molecule has 2 aromatic heterocycles. The zero-order valence-electron chi connectivity index (χ0n) is 11.7. The molecule has 0 spiro atoms. The average molecular weight is 307 g/mol. The summed E-state index contributed by atoms with van der Waals surface area (Å²) in [6.45, 7) is 4.32. The first kappa shape index (κ1) is 14.2. The van der Waals surface area contributed by atoms with Crippen molar-refractivity contribution in [3.8, 4) is 10.8 Å². The molecule has 3 rings (SSSR count). The molecule has 1 aliphatic heterocycles. The number of hydrogen-bond donors (Lipinski definition) is 2. The summed E-state index contributed by atoms with van der Waals surface area (Å²) in [7, 11) is 0. The van der Waals surface area contributed by atoms with E-state index in [4.69, 9.17) is 4.42 Å². The highest BCUT2D eigenvalue weighted by Gasteiger charge is 2.29. The van der Waals surface area contributed by atoms with Crippen LogP contribution in [0, 0.1) is 6.92 Å².